The fourth-order valence-electron chi connectivity index (χ4n) is 0.586. The van der Waals surface area contributed by atoms with E-state index >= 15 is 0 Å². The monoisotopic (exact) mass is 195 g/mol. The summed E-state index contributed by atoms with van der Waals surface area (Å²) in [4.78, 5) is 3.86. The molecule has 6 heteroatoms. The molecule has 1 aromatic rings. The molecule has 1 atom stereocenters. The molecule has 12 heavy (non-hydrogen) atoms. The standard InChI is InChI=1S/C6H7NO3S.Na/c1-10-6-3-2-5(4-7-6)11(8)9;/h2-4H,1H3,(H,8,9);/q;+1/p-1. The minimum atomic E-state index is -2.21. The topological polar surface area (TPSA) is 62.2 Å². The first kappa shape index (κ1) is 12.1. The van der Waals surface area contributed by atoms with E-state index in [4.69, 9.17) is 4.74 Å². The average Bonchev–Trinajstić information content (AvgIpc) is 2.05. The number of ether oxygens (including phenoxy) is 1. The van der Waals surface area contributed by atoms with E-state index < -0.39 is 11.1 Å². The van der Waals surface area contributed by atoms with Crippen LogP contribution in [0.2, 0.25) is 0 Å². The van der Waals surface area contributed by atoms with E-state index in [1.165, 1.54) is 25.4 Å². The number of aromatic nitrogens is 1. The van der Waals surface area contributed by atoms with Gasteiger partial charge in [0, 0.05) is 17.2 Å². The zero-order valence-corrected chi connectivity index (χ0v) is 9.63. The van der Waals surface area contributed by atoms with Crippen molar-refractivity contribution in [1.82, 2.24) is 4.98 Å². The number of hydrogen-bond donors (Lipinski definition) is 0. The molecule has 60 valence electrons. The quantitative estimate of drug-likeness (QED) is 0.381. The molecule has 0 radical (unpaired) electrons. The second-order valence-corrected chi connectivity index (χ2v) is 2.71. The van der Waals surface area contributed by atoms with E-state index in [2.05, 4.69) is 4.98 Å². The second kappa shape index (κ2) is 5.66. The van der Waals surface area contributed by atoms with Crippen LogP contribution < -0.4 is 34.3 Å². The third-order valence-corrected chi connectivity index (χ3v) is 1.74. The van der Waals surface area contributed by atoms with Gasteiger partial charge in [-0.1, -0.05) is 0 Å². The number of pyridine rings is 1. The Labute approximate surface area is 94.9 Å². The van der Waals surface area contributed by atoms with Crippen molar-refractivity contribution in [2.24, 2.45) is 0 Å². The van der Waals surface area contributed by atoms with Crippen molar-refractivity contribution < 1.29 is 43.1 Å². The van der Waals surface area contributed by atoms with Crippen LogP contribution in [0.5, 0.6) is 5.88 Å². The van der Waals surface area contributed by atoms with Crippen LogP contribution in [0.15, 0.2) is 23.2 Å². The summed E-state index contributed by atoms with van der Waals surface area (Å²) in [6.07, 6.45) is 1.24. The Hall–Kier alpha value is 0.0600. The van der Waals surface area contributed by atoms with E-state index in [0.29, 0.717) is 5.88 Å². The molecule has 1 unspecified atom stereocenters. The van der Waals surface area contributed by atoms with Crippen LogP contribution in [0.3, 0.4) is 0 Å². The first-order valence-electron chi connectivity index (χ1n) is 2.83. The minimum Gasteiger partial charge on any atom is -0.768 e. The first-order valence-corrected chi connectivity index (χ1v) is 3.91. The number of hydrogen-bond acceptors (Lipinski definition) is 4. The van der Waals surface area contributed by atoms with Gasteiger partial charge in [0.05, 0.1) is 7.11 Å². The molecule has 0 aliphatic carbocycles. The van der Waals surface area contributed by atoms with Gasteiger partial charge in [-0.05, 0) is 17.1 Å². The van der Waals surface area contributed by atoms with E-state index in [0.717, 1.165) is 0 Å². The predicted molar refractivity (Wildman–Crippen MR) is 38.0 cm³/mol. The number of methoxy groups -OCH3 is 1. The first-order chi connectivity index (χ1) is 5.24. The van der Waals surface area contributed by atoms with Crippen LogP contribution in [0.4, 0.5) is 0 Å². The Bertz CT molecular complexity index is 264. The predicted octanol–water partition coefficient (Wildman–Crippen LogP) is -2.67. The van der Waals surface area contributed by atoms with Crippen LogP contribution in [-0.4, -0.2) is 20.9 Å². The van der Waals surface area contributed by atoms with Crippen molar-refractivity contribution in [2.75, 3.05) is 7.11 Å². The van der Waals surface area contributed by atoms with Crippen LogP contribution in [-0.2, 0) is 11.1 Å². The van der Waals surface area contributed by atoms with E-state index in [-0.39, 0.29) is 34.5 Å². The molecule has 0 N–H and O–H groups in total. The average molecular weight is 195 g/mol. The van der Waals surface area contributed by atoms with Crippen molar-refractivity contribution in [2.45, 2.75) is 4.90 Å². The number of rotatable bonds is 2. The Morgan fingerprint density at radius 1 is 1.58 bits per heavy atom. The Balaban J connectivity index is 0.00000121. The Morgan fingerprint density at radius 3 is 2.58 bits per heavy atom. The largest absolute Gasteiger partial charge is 1.00 e. The van der Waals surface area contributed by atoms with Crippen LogP contribution in [0.25, 0.3) is 0 Å². The molecular weight excluding hydrogens is 189 g/mol. The maximum atomic E-state index is 10.3. The van der Waals surface area contributed by atoms with Gasteiger partial charge in [0.15, 0.2) is 0 Å². The van der Waals surface area contributed by atoms with Crippen molar-refractivity contribution in [3.05, 3.63) is 18.3 Å². The van der Waals surface area contributed by atoms with Crippen molar-refractivity contribution in [3.8, 4) is 5.88 Å². The van der Waals surface area contributed by atoms with Crippen molar-refractivity contribution in [3.63, 3.8) is 0 Å². The third kappa shape index (κ3) is 3.20. The summed E-state index contributed by atoms with van der Waals surface area (Å²) in [7, 11) is 1.47. The number of nitrogens with zero attached hydrogens (tertiary/aromatic N) is 1. The van der Waals surface area contributed by atoms with Gasteiger partial charge in [-0.25, -0.2) is 4.98 Å². The SMILES string of the molecule is COc1ccc(S(=O)[O-])cn1.[Na+]. The van der Waals surface area contributed by atoms with Crippen LogP contribution in [0, 0.1) is 0 Å². The van der Waals surface area contributed by atoms with Crippen LogP contribution in [0.1, 0.15) is 0 Å². The molecule has 4 nitrogen and oxygen atoms in total. The second-order valence-electron chi connectivity index (χ2n) is 1.77. The minimum absolute atomic E-state index is 0. The van der Waals surface area contributed by atoms with E-state index in [1.807, 2.05) is 0 Å². The van der Waals surface area contributed by atoms with Gasteiger partial charge < -0.3 is 9.29 Å². The fourth-order valence-corrected chi connectivity index (χ4v) is 0.904. The molecule has 1 aromatic heterocycles. The molecule has 0 fully saturated rings. The molecule has 0 aliphatic heterocycles. The zero-order valence-electron chi connectivity index (χ0n) is 6.81. The zero-order chi connectivity index (χ0) is 8.27. The van der Waals surface area contributed by atoms with Gasteiger partial charge in [0.1, 0.15) is 0 Å². The summed E-state index contributed by atoms with van der Waals surface area (Å²) >= 11 is -2.21. The molecule has 0 spiro atoms. The maximum absolute atomic E-state index is 10.3. The van der Waals surface area contributed by atoms with Gasteiger partial charge in [0.2, 0.25) is 5.88 Å². The summed E-state index contributed by atoms with van der Waals surface area (Å²) in [5, 5.41) is 0. The molecule has 0 aromatic carbocycles. The summed E-state index contributed by atoms with van der Waals surface area (Å²) in [5.41, 5.74) is 0. The fraction of sp³-hybridized carbons (Fsp3) is 0.167. The molecule has 0 saturated heterocycles. The summed E-state index contributed by atoms with van der Waals surface area (Å²) in [5.74, 6) is 0.402. The summed E-state index contributed by atoms with van der Waals surface area (Å²) < 4.78 is 25.4. The Morgan fingerprint density at radius 2 is 2.25 bits per heavy atom. The van der Waals surface area contributed by atoms with Gasteiger partial charge >= 0.3 is 29.6 Å². The van der Waals surface area contributed by atoms with E-state index in [1.54, 1.807) is 0 Å². The third-order valence-electron chi connectivity index (χ3n) is 1.11. The van der Waals surface area contributed by atoms with Gasteiger partial charge in [0.25, 0.3) is 0 Å². The van der Waals surface area contributed by atoms with Gasteiger partial charge in [-0.15, -0.1) is 0 Å². The Kier molecular flexibility index (Phi) is 5.69. The smallest absolute Gasteiger partial charge is 0.768 e. The summed E-state index contributed by atoms with van der Waals surface area (Å²) in [6.45, 7) is 0. The molecule has 1 heterocycles. The van der Waals surface area contributed by atoms with Gasteiger partial charge in [-0.2, -0.15) is 0 Å². The molecule has 0 saturated carbocycles. The van der Waals surface area contributed by atoms with Crippen LogP contribution >= 0.6 is 0 Å². The molecule has 0 bridgehead atoms. The summed E-state index contributed by atoms with van der Waals surface area (Å²) in [6, 6.07) is 2.92. The van der Waals surface area contributed by atoms with Crippen molar-refractivity contribution in [1.29, 1.82) is 0 Å². The maximum Gasteiger partial charge on any atom is 1.00 e. The van der Waals surface area contributed by atoms with Gasteiger partial charge in [-0.3, -0.25) is 4.21 Å². The normalized spacial score (nSPS) is 11.5. The molecule has 0 amide bonds. The molecule has 0 aliphatic rings. The van der Waals surface area contributed by atoms with E-state index in [9.17, 15) is 8.76 Å². The van der Waals surface area contributed by atoms with Crippen molar-refractivity contribution >= 4 is 11.1 Å². The molecule has 1 rings (SSSR count). The molecular formula is C6H6NNaO3S.